The van der Waals surface area contributed by atoms with Gasteiger partial charge in [-0.3, -0.25) is 19.7 Å². The molecule has 1 amide bonds. The number of alkyl halides is 3. The van der Waals surface area contributed by atoms with Crippen molar-refractivity contribution in [2.75, 3.05) is 67.0 Å². The molecule has 11 heterocycles. The Kier molecular flexibility index (Phi) is 42.9. The van der Waals surface area contributed by atoms with Crippen molar-refractivity contribution in [2.24, 2.45) is 11.8 Å². The van der Waals surface area contributed by atoms with E-state index in [0.29, 0.717) is 63.5 Å². The van der Waals surface area contributed by atoms with Gasteiger partial charge in [0.15, 0.2) is 18.9 Å². The number of carbonyl (C=O) groups is 1. The molecule has 11 aromatic rings. The molecule has 0 spiro atoms. The normalized spacial score (nSPS) is 14.8. The predicted molar refractivity (Wildman–Crippen MR) is 449 cm³/mol. The van der Waals surface area contributed by atoms with Crippen LogP contribution in [-0.2, 0) is 17.9 Å². The van der Waals surface area contributed by atoms with Crippen molar-refractivity contribution in [2.45, 2.75) is 95.9 Å². The van der Waals surface area contributed by atoms with E-state index in [-0.39, 0.29) is 32.6 Å². The Labute approximate surface area is 696 Å². The van der Waals surface area contributed by atoms with Crippen LogP contribution >= 0.6 is 66.7 Å². The number of aryl methyl sites for hydroxylation is 3. The molecule has 27 heteroatoms. The lowest BCUT2D eigenvalue weighted by molar-refractivity contribution is -0.688. The molecule has 2 aromatic carbocycles. The second-order valence-corrected chi connectivity index (χ2v) is 30.3. The van der Waals surface area contributed by atoms with Crippen LogP contribution in [-0.4, -0.2) is 139 Å². The second-order valence-electron chi connectivity index (χ2n) is 26.0. The number of hydrogen-bond acceptors (Lipinski definition) is 18. The van der Waals surface area contributed by atoms with Crippen LogP contribution in [0, 0.1) is 32.6 Å². The molecule has 0 saturated carbocycles. The fraction of sp³-hybridized carbons (Fsp3) is 0.310. The average Bonchev–Trinajstić information content (AvgIpc) is 0.845. The molecule has 588 valence electrons. The highest BCUT2D eigenvalue weighted by Crippen LogP contribution is 2.32. The van der Waals surface area contributed by atoms with Gasteiger partial charge in [0.25, 0.3) is 0 Å². The molecule has 111 heavy (non-hydrogen) atoms. The molecule has 2 aliphatic heterocycles. The first-order chi connectivity index (χ1) is 52.9. The first-order valence-electron chi connectivity index (χ1n) is 35.6. The summed E-state index contributed by atoms with van der Waals surface area (Å²) in [7, 11) is 6.57. The number of hydrogen-bond donors (Lipinski definition) is 4. The van der Waals surface area contributed by atoms with Crippen LogP contribution in [0.4, 0.5) is 5.82 Å². The summed E-state index contributed by atoms with van der Waals surface area (Å²) in [5.74, 6) is 6.09. The molecule has 0 radical (unpaired) electrons. The second kappa shape index (κ2) is 51.2. The van der Waals surface area contributed by atoms with Gasteiger partial charge < -0.3 is 61.3 Å². The number of rotatable bonds is 16. The number of anilines is 1. The van der Waals surface area contributed by atoms with Gasteiger partial charge in [-0.15, -0.1) is 23.2 Å². The number of ether oxygens (including phenoxy) is 5. The summed E-state index contributed by atoms with van der Waals surface area (Å²) in [6, 6.07) is 49.8. The predicted octanol–water partition coefficient (Wildman–Crippen LogP) is 13.6. The molecule has 4 N–H and O–H groups in total. The van der Waals surface area contributed by atoms with Crippen molar-refractivity contribution in [3.63, 3.8) is 0 Å². The van der Waals surface area contributed by atoms with E-state index in [2.05, 4.69) is 204 Å². The molecule has 13 rings (SSSR count). The number of benzene rings is 2. The first kappa shape index (κ1) is 93.1. The minimum atomic E-state index is -1.46. The van der Waals surface area contributed by atoms with E-state index in [4.69, 9.17) is 68.5 Å². The third-order valence-corrected chi connectivity index (χ3v) is 17.7. The molecule has 5 atom stereocenters. The monoisotopic (exact) mass is 1760 g/mol. The number of nitrogens with one attached hydrogen (secondary N) is 2. The van der Waals surface area contributed by atoms with Crippen LogP contribution in [0.1, 0.15) is 91.3 Å². The van der Waals surface area contributed by atoms with Gasteiger partial charge in [0.2, 0.25) is 35.3 Å². The molecule has 0 aliphatic carbocycles. The Morgan fingerprint density at radius 2 is 1.05 bits per heavy atom. The van der Waals surface area contributed by atoms with Gasteiger partial charge >= 0.3 is 7.12 Å². The Hall–Kier alpha value is -8.53. The highest BCUT2D eigenvalue weighted by Gasteiger charge is 2.27. The van der Waals surface area contributed by atoms with Crippen molar-refractivity contribution in [3.05, 3.63) is 274 Å². The van der Waals surface area contributed by atoms with Gasteiger partial charge in [-0.25, -0.2) is 29.9 Å². The molecule has 2 aliphatic rings. The molecule has 9 aromatic heterocycles. The van der Waals surface area contributed by atoms with E-state index in [9.17, 15) is 4.79 Å². The lowest BCUT2D eigenvalue weighted by Crippen LogP contribution is -3.00. The van der Waals surface area contributed by atoms with Crippen molar-refractivity contribution in [1.82, 2.24) is 50.1 Å². The van der Waals surface area contributed by atoms with Gasteiger partial charge in [0, 0.05) is 156 Å². The lowest BCUT2D eigenvalue weighted by atomic mass is 9.82. The van der Waals surface area contributed by atoms with Gasteiger partial charge in [-0.2, -0.15) is 4.57 Å². The molecule has 20 nitrogen and oxygen atoms in total. The van der Waals surface area contributed by atoms with Crippen molar-refractivity contribution >= 4 is 91.0 Å². The van der Waals surface area contributed by atoms with Crippen LogP contribution < -0.4 is 61.3 Å². The van der Waals surface area contributed by atoms with Crippen LogP contribution in [0.5, 0.6) is 29.4 Å². The molecular formula is C84H99BBr3Cl3N12O8. The lowest BCUT2D eigenvalue weighted by Gasteiger charge is -2.36. The molecular weight excluding hydrogens is 1660 g/mol. The number of piperidine rings is 2. The van der Waals surface area contributed by atoms with Crippen molar-refractivity contribution < 1.29 is 60.1 Å². The minimum absolute atomic E-state index is 0. The Balaban J connectivity index is 0.000000234. The average molecular weight is 1760 g/mol. The Bertz CT molecular complexity index is 4380. The molecule has 0 bridgehead atoms. The third-order valence-electron chi connectivity index (χ3n) is 16.6. The highest BCUT2D eigenvalue weighted by atomic mass is 79.9. The summed E-state index contributed by atoms with van der Waals surface area (Å²) in [5, 5.41) is 23.9. The number of aromatic nitrogens is 9. The van der Waals surface area contributed by atoms with Gasteiger partial charge in [0.1, 0.15) is 10.7 Å². The standard InChI is InChI=1S/C19H24N2O.C19H19N2O.C12H18N2O.C12H12N2O.C8H8BrClN2O.C6H8BNO3.C6H6BrN.C2H4Cl2.BrH/c2*1-15-10-18(17-8-9-19(22-2)20-11-17)14-21(12-15)13-16-6-4-3-5-7-16;2*1-9-5-11(7-13-6-9)10-3-4-12(15-2)14-8-10;1-5(9)8(13)12-7-3-2-6(10)4-11-7;1-11-6-3-2-5(4-8-6)7(9)10;1-5-2-6(7)4-8-3-5;1-2(3)4;/h3-9,11,15,18H,10,12-14H2,1-2H3;3-12,14H,13H2,1-2H3;3-4,8-9,11,13H,5-7H2,1-2H3;3-8H,1-2H3;2-5H,1H3,(H,11,12,13);2-4,9-10H,1H3;2-4H,1H3;2H,1H3;1H/q;+1;;;;;;;/p-1/t;;;;5-;;;;/m....1..../s1. The van der Waals surface area contributed by atoms with Crippen molar-refractivity contribution in [3.8, 4) is 51.7 Å². The zero-order valence-electron chi connectivity index (χ0n) is 64.6. The van der Waals surface area contributed by atoms with E-state index in [0.717, 1.165) is 70.9 Å². The number of methoxy groups -OCH3 is 5. The van der Waals surface area contributed by atoms with E-state index in [1.807, 2.05) is 99.6 Å². The van der Waals surface area contributed by atoms with Gasteiger partial charge in [-0.1, -0.05) is 120 Å². The van der Waals surface area contributed by atoms with Crippen LogP contribution in [0.3, 0.4) is 0 Å². The number of nitrogens with zero attached hydrogens (tertiary/aromatic N) is 10. The first-order valence-corrected chi connectivity index (χ1v) is 38.6. The van der Waals surface area contributed by atoms with Crippen LogP contribution in [0.25, 0.3) is 22.3 Å². The van der Waals surface area contributed by atoms with E-state index in [1.54, 1.807) is 72.9 Å². The SMILES string of the molecule is CC(Cl)Cl.COc1ccc(-c2cc(C)c[n+](Cc3ccccc3)c2)cn1.COc1ccc(-c2cncc(C)c2)cn1.COc1ccc(B(O)O)cn1.COc1ccc(C2CC(C)CN(Cc3ccccc3)C2)cn1.COc1ccc(C2CNCC(C)C2)cn1.C[C@@H](Br)C(=O)Nc1ccc(Cl)cn1.Cc1cncc(Br)c1.[Br-]. The number of likely N-dealkylation sites (tertiary alicyclic amines) is 1. The van der Waals surface area contributed by atoms with E-state index in [1.165, 1.54) is 78.3 Å². The number of carbonyl (C=O) groups excluding carboxylic acids is 1. The maximum absolute atomic E-state index is 11.2. The highest BCUT2D eigenvalue weighted by molar-refractivity contribution is 9.10. The summed E-state index contributed by atoms with van der Waals surface area (Å²) < 4.78 is 28.4. The largest absolute Gasteiger partial charge is 1.00 e. The summed E-state index contributed by atoms with van der Waals surface area (Å²) in [6.45, 7) is 20.6. The topological polar surface area (TPSA) is 238 Å². The molecule has 2 fully saturated rings. The number of pyridine rings is 9. The quantitative estimate of drug-likeness (QED) is 0.0399. The molecule has 2 saturated heterocycles. The maximum atomic E-state index is 11.2. The maximum Gasteiger partial charge on any atom is 0.490 e. The Morgan fingerprint density at radius 1 is 0.559 bits per heavy atom. The fourth-order valence-electron chi connectivity index (χ4n) is 11.3. The fourth-order valence-corrected chi connectivity index (χ4v) is 12.1. The van der Waals surface area contributed by atoms with Crippen LogP contribution in [0.15, 0.2) is 230 Å². The minimum Gasteiger partial charge on any atom is -1.00 e. The van der Waals surface area contributed by atoms with Gasteiger partial charge in [0.05, 0.1) is 45.4 Å². The summed E-state index contributed by atoms with van der Waals surface area (Å²) in [4.78, 5) is 46.1. The zero-order valence-corrected chi connectivity index (χ0v) is 71.7. The van der Waals surface area contributed by atoms with E-state index < -0.39 is 7.12 Å². The number of halogens is 6. The molecule has 4 unspecified atom stereocenters. The van der Waals surface area contributed by atoms with Crippen LogP contribution in [0.2, 0.25) is 5.02 Å². The zero-order chi connectivity index (χ0) is 79.7. The van der Waals surface area contributed by atoms with E-state index >= 15 is 0 Å². The summed E-state index contributed by atoms with van der Waals surface area (Å²) in [5.41, 5.74) is 13.6. The summed E-state index contributed by atoms with van der Waals surface area (Å²) >= 11 is 22.2. The third kappa shape index (κ3) is 35.8. The smallest absolute Gasteiger partial charge is 0.490 e. The summed E-state index contributed by atoms with van der Waals surface area (Å²) in [6.07, 6.45) is 24.4. The Morgan fingerprint density at radius 3 is 1.50 bits per heavy atom. The van der Waals surface area contributed by atoms with Crippen molar-refractivity contribution in [1.29, 1.82) is 0 Å². The number of amides is 1. The van der Waals surface area contributed by atoms with Gasteiger partial charge in [-0.05, 0) is 170 Å².